The van der Waals surface area contributed by atoms with Gasteiger partial charge >= 0.3 is 0 Å². The van der Waals surface area contributed by atoms with Crippen LogP contribution >= 0.6 is 0 Å². The molecule has 0 fully saturated rings. The first-order valence-corrected chi connectivity index (χ1v) is 10.7. The van der Waals surface area contributed by atoms with E-state index in [1.54, 1.807) is 19.1 Å². The molecule has 1 heteroatoms. The molecule has 33 heavy (non-hydrogen) atoms. The zero-order valence-corrected chi connectivity index (χ0v) is 18.2. The summed E-state index contributed by atoms with van der Waals surface area (Å²) in [6.07, 6.45) is 0. The molecule has 1 nitrogen and oxygen atoms in total. The van der Waals surface area contributed by atoms with Crippen molar-refractivity contribution in [2.75, 3.05) is 0 Å². The normalized spacial score (nSPS) is 15.2. The molecule has 0 spiro atoms. The molecule has 0 saturated carbocycles. The number of fused-ring (bicyclic) bond motifs is 3. The molecule has 1 aromatic heterocycles. The standard InChI is InChI=1S/C32H25N/c1-22-11-9-14-25(21-22)27-19-20-30-31(23(27)2)32-28(24-12-5-3-6-13-24)17-10-18-29(32)33(30)26-15-7-4-8-16-26/h3-21H,1-2H3/i3D,5D,6D,9D,11D,12D,13D,14D,21D. The lowest BCUT2D eigenvalue weighted by Gasteiger charge is -2.11. The van der Waals surface area contributed by atoms with Gasteiger partial charge in [0.15, 0.2) is 0 Å². The van der Waals surface area contributed by atoms with Gasteiger partial charge in [-0.05, 0) is 65.9 Å². The number of hydrogen-bond acceptors (Lipinski definition) is 0. The molecule has 0 N–H and O–H groups in total. The fourth-order valence-corrected chi connectivity index (χ4v) is 4.61. The van der Waals surface area contributed by atoms with E-state index in [-0.39, 0.29) is 47.4 Å². The average Bonchev–Trinajstić information content (AvgIpc) is 3.34. The van der Waals surface area contributed by atoms with Crippen LogP contribution in [0.25, 0.3) is 49.7 Å². The lowest BCUT2D eigenvalue weighted by molar-refractivity contribution is 1.18. The van der Waals surface area contributed by atoms with Crippen LogP contribution in [-0.2, 0) is 0 Å². The number of benzene rings is 5. The maximum absolute atomic E-state index is 8.78. The quantitative estimate of drug-likeness (QED) is 0.263. The zero-order valence-electron chi connectivity index (χ0n) is 27.2. The van der Waals surface area contributed by atoms with Crippen LogP contribution in [-0.4, -0.2) is 4.57 Å². The summed E-state index contributed by atoms with van der Waals surface area (Å²) in [5.41, 5.74) is 4.85. The van der Waals surface area contributed by atoms with E-state index in [0.29, 0.717) is 27.6 Å². The summed E-state index contributed by atoms with van der Waals surface area (Å²) < 4.78 is 78.2. The van der Waals surface area contributed by atoms with Gasteiger partial charge in [0.2, 0.25) is 0 Å². The zero-order chi connectivity index (χ0) is 30.2. The lowest BCUT2D eigenvalue weighted by Crippen LogP contribution is -1.93. The molecule has 0 aliphatic carbocycles. The van der Waals surface area contributed by atoms with Crippen LogP contribution in [0.3, 0.4) is 0 Å². The van der Waals surface area contributed by atoms with E-state index in [9.17, 15) is 0 Å². The van der Waals surface area contributed by atoms with Crippen LogP contribution in [0.2, 0.25) is 0 Å². The molecule has 0 aliphatic rings. The van der Waals surface area contributed by atoms with Gasteiger partial charge in [-0.1, -0.05) is 96.3 Å². The smallest absolute Gasteiger partial charge is 0.0632 e. The first-order valence-electron chi connectivity index (χ1n) is 15.2. The molecule has 0 saturated heterocycles. The van der Waals surface area contributed by atoms with Crippen molar-refractivity contribution in [1.29, 1.82) is 0 Å². The first kappa shape index (κ1) is 12.2. The van der Waals surface area contributed by atoms with Gasteiger partial charge < -0.3 is 4.57 Å². The van der Waals surface area contributed by atoms with Crippen LogP contribution in [0.4, 0.5) is 0 Å². The van der Waals surface area contributed by atoms with Crippen molar-refractivity contribution in [3.05, 3.63) is 126 Å². The van der Waals surface area contributed by atoms with Crippen LogP contribution in [0.1, 0.15) is 23.5 Å². The second-order valence-electron chi connectivity index (χ2n) is 8.00. The van der Waals surface area contributed by atoms with Gasteiger partial charge in [0.1, 0.15) is 0 Å². The minimum atomic E-state index is -0.462. The SMILES string of the molecule is [2H]c1c([2H])c([2H])c(-c2cccc3c2c2c(C)c(-c4c([2H])c([2H])c([2H])c(C)c4[2H])ccc2n3-c2ccccc2)c([2H])c1[2H]. The van der Waals surface area contributed by atoms with Crippen molar-refractivity contribution in [3.8, 4) is 27.9 Å². The van der Waals surface area contributed by atoms with Crippen molar-refractivity contribution in [1.82, 2.24) is 4.57 Å². The number of aromatic nitrogens is 1. The summed E-state index contributed by atoms with van der Waals surface area (Å²) in [5, 5.41) is 1.42. The van der Waals surface area contributed by atoms with Crippen LogP contribution in [0, 0.1) is 13.8 Å². The highest BCUT2D eigenvalue weighted by Crippen LogP contribution is 2.42. The Balaban J connectivity index is 1.84. The maximum Gasteiger partial charge on any atom is 0.0632 e. The van der Waals surface area contributed by atoms with Gasteiger partial charge in [-0.15, -0.1) is 0 Å². The summed E-state index contributed by atoms with van der Waals surface area (Å²) in [4.78, 5) is 0. The third-order valence-electron chi connectivity index (χ3n) is 6.02. The molecule has 0 unspecified atom stereocenters. The molecule has 0 atom stereocenters. The van der Waals surface area contributed by atoms with E-state index >= 15 is 0 Å². The fraction of sp³-hybridized carbons (Fsp3) is 0.0625. The second-order valence-corrected chi connectivity index (χ2v) is 8.00. The van der Waals surface area contributed by atoms with E-state index in [1.807, 2.05) is 55.5 Å². The van der Waals surface area contributed by atoms with Gasteiger partial charge in [0.05, 0.1) is 23.4 Å². The largest absolute Gasteiger partial charge is 0.309 e. The predicted molar refractivity (Wildman–Crippen MR) is 141 cm³/mol. The molecule has 6 rings (SSSR count). The second kappa shape index (κ2) is 7.79. The molecule has 158 valence electrons. The Kier molecular flexibility index (Phi) is 2.89. The van der Waals surface area contributed by atoms with Crippen LogP contribution in [0.5, 0.6) is 0 Å². The highest BCUT2D eigenvalue weighted by atomic mass is 15.0. The van der Waals surface area contributed by atoms with Crippen molar-refractivity contribution >= 4 is 21.8 Å². The molecule has 0 amide bonds. The van der Waals surface area contributed by atoms with Gasteiger partial charge in [-0.2, -0.15) is 0 Å². The Morgan fingerprint density at radius 1 is 0.606 bits per heavy atom. The third kappa shape index (κ3) is 3.16. The lowest BCUT2D eigenvalue weighted by atomic mass is 9.93. The Morgan fingerprint density at radius 3 is 2.18 bits per heavy atom. The Morgan fingerprint density at radius 2 is 1.36 bits per heavy atom. The van der Waals surface area contributed by atoms with Crippen molar-refractivity contribution in [2.45, 2.75) is 13.8 Å². The number of rotatable bonds is 3. The van der Waals surface area contributed by atoms with E-state index in [0.717, 1.165) is 22.1 Å². The molecule has 1 heterocycles. The maximum atomic E-state index is 8.78. The molecule has 0 aliphatic heterocycles. The number of para-hydroxylation sites is 1. The van der Waals surface area contributed by atoms with Gasteiger partial charge in [-0.3, -0.25) is 0 Å². The van der Waals surface area contributed by atoms with E-state index in [1.165, 1.54) is 0 Å². The number of nitrogens with zero attached hydrogens (tertiary/aromatic N) is 1. The minimum absolute atomic E-state index is 0.0149. The monoisotopic (exact) mass is 432 g/mol. The predicted octanol–water partition coefficient (Wildman–Crippen LogP) is 8.73. The van der Waals surface area contributed by atoms with E-state index in [4.69, 9.17) is 12.3 Å². The number of hydrogen-bond donors (Lipinski definition) is 0. The van der Waals surface area contributed by atoms with Crippen molar-refractivity contribution in [3.63, 3.8) is 0 Å². The van der Waals surface area contributed by atoms with Gasteiger partial charge in [-0.25, -0.2) is 0 Å². The van der Waals surface area contributed by atoms with Gasteiger partial charge in [0.25, 0.3) is 0 Å². The molecule has 6 aromatic rings. The van der Waals surface area contributed by atoms with Crippen molar-refractivity contribution in [2.24, 2.45) is 0 Å². The molecule has 0 radical (unpaired) electrons. The molecule has 0 bridgehead atoms. The first-order chi connectivity index (χ1) is 20.0. The van der Waals surface area contributed by atoms with E-state index in [2.05, 4.69) is 4.57 Å². The molecular weight excluding hydrogens is 398 g/mol. The van der Waals surface area contributed by atoms with Crippen LogP contribution < -0.4 is 0 Å². The summed E-state index contributed by atoms with van der Waals surface area (Å²) in [6, 6.07) is 16.4. The van der Waals surface area contributed by atoms with Crippen LogP contribution in [0.15, 0.2) is 115 Å². The van der Waals surface area contributed by atoms with Gasteiger partial charge in [0, 0.05) is 16.5 Å². The highest BCUT2D eigenvalue weighted by Gasteiger charge is 2.19. The summed E-state index contributed by atoms with van der Waals surface area (Å²) in [7, 11) is 0. The summed E-state index contributed by atoms with van der Waals surface area (Å²) >= 11 is 0. The number of aryl methyl sites for hydroxylation is 1. The molecule has 5 aromatic carbocycles. The molecular formula is C32H25N. The summed E-state index contributed by atoms with van der Waals surface area (Å²) in [6.45, 7) is 3.48. The third-order valence-corrected chi connectivity index (χ3v) is 6.02. The Labute approximate surface area is 207 Å². The Bertz CT molecular complexity index is 2040. The highest BCUT2D eigenvalue weighted by molar-refractivity contribution is 6.18. The Hall–Kier alpha value is -4.10. The summed E-state index contributed by atoms with van der Waals surface area (Å²) in [5.74, 6) is 0. The van der Waals surface area contributed by atoms with E-state index < -0.39 is 18.1 Å². The van der Waals surface area contributed by atoms with Crippen molar-refractivity contribution < 1.29 is 12.3 Å². The topological polar surface area (TPSA) is 4.93 Å². The fourth-order valence-electron chi connectivity index (χ4n) is 4.61. The average molecular weight is 433 g/mol. The minimum Gasteiger partial charge on any atom is -0.309 e.